The molecule has 0 aliphatic heterocycles. The first-order chi connectivity index (χ1) is 9.43. The lowest BCUT2D eigenvalue weighted by atomic mass is 9.99. The van der Waals surface area contributed by atoms with Crippen molar-refractivity contribution >= 4 is 11.9 Å². The van der Waals surface area contributed by atoms with Crippen LogP contribution < -0.4 is 5.32 Å². The van der Waals surface area contributed by atoms with E-state index in [0.29, 0.717) is 19.3 Å². The van der Waals surface area contributed by atoms with Crippen LogP contribution in [0.1, 0.15) is 25.3 Å². The van der Waals surface area contributed by atoms with Gasteiger partial charge < -0.3 is 10.4 Å². The maximum absolute atomic E-state index is 13.1. The first kappa shape index (κ1) is 14.5. The Labute approximate surface area is 117 Å². The van der Waals surface area contributed by atoms with E-state index in [0.717, 1.165) is 5.56 Å². The van der Waals surface area contributed by atoms with Gasteiger partial charge >= 0.3 is 5.97 Å². The predicted molar refractivity (Wildman–Crippen MR) is 71.6 cm³/mol. The fourth-order valence-electron chi connectivity index (χ4n) is 2.16. The minimum Gasteiger partial charge on any atom is -0.481 e. The number of carboxylic acid groups (broad SMARTS) is 1. The van der Waals surface area contributed by atoms with Crippen LogP contribution >= 0.6 is 0 Å². The zero-order valence-electron chi connectivity index (χ0n) is 11.4. The summed E-state index contributed by atoms with van der Waals surface area (Å²) in [6.07, 6.45) is 1.66. The Morgan fingerprint density at radius 1 is 1.45 bits per heavy atom. The van der Waals surface area contributed by atoms with Crippen molar-refractivity contribution < 1.29 is 19.1 Å². The third-order valence-corrected chi connectivity index (χ3v) is 3.79. The van der Waals surface area contributed by atoms with Crippen LogP contribution in [-0.4, -0.2) is 23.5 Å². The highest BCUT2D eigenvalue weighted by Crippen LogP contribution is 2.45. The summed E-state index contributed by atoms with van der Waals surface area (Å²) in [6, 6.07) is 6.15. The van der Waals surface area contributed by atoms with E-state index >= 15 is 0 Å². The number of carbonyl (C=O) groups is 2. The summed E-state index contributed by atoms with van der Waals surface area (Å²) < 4.78 is 13.1. The molecule has 0 saturated heterocycles. The highest BCUT2D eigenvalue weighted by molar-refractivity contribution is 5.82. The standard InChI is InChI=1S/C15H18FNO3/c1-10(7-11-3-2-4-12(16)8-11)13(18)17-9-15(5-6-15)14(19)20/h2-4,8,10H,5-7,9H2,1H3,(H,17,18)(H,19,20). The maximum Gasteiger partial charge on any atom is 0.311 e. The van der Waals surface area contributed by atoms with E-state index in [2.05, 4.69) is 5.32 Å². The van der Waals surface area contributed by atoms with E-state index in [9.17, 15) is 14.0 Å². The lowest BCUT2D eigenvalue weighted by Gasteiger charge is -2.15. The number of amides is 1. The molecular formula is C15H18FNO3. The Morgan fingerprint density at radius 3 is 2.70 bits per heavy atom. The zero-order chi connectivity index (χ0) is 14.8. The van der Waals surface area contributed by atoms with Gasteiger partial charge in [0.15, 0.2) is 0 Å². The Hall–Kier alpha value is -1.91. The van der Waals surface area contributed by atoms with Gasteiger partial charge in [-0.25, -0.2) is 4.39 Å². The SMILES string of the molecule is CC(Cc1cccc(F)c1)C(=O)NCC1(C(=O)O)CC1. The van der Waals surface area contributed by atoms with Crippen LogP contribution in [0.4, 0.5) is 4.39 Å². The molecule has 0 bridgehead atoms. The number of rotatable bonds is 6. The first-order valence-electron chi connectivity index (χ1n) is 6.68. The van der Waals surface area contributed by atoms with Gasteiger partial charge in [0, 0.05) is 12.5 Å². The molecule has 0 heterocycles. The van der Waals surface area contributed by atoms with Crippen molar-refractivity contribution in [1.82, 2.24) is 5.32 Å². The third kappa shape index (κ3) is 3.35. The number of halogens is 1. The average molecular weight is 279 g/mol. The first-order valence-corrected chi connectivity index (χ1v) is 6.68. The van der Waals surface area contributed by atoms with Crippen molar-refractivity contribution in [3.8, 4) is 0 Å². The average Bonchev–Trinajstić information content (AvgIpc) is 3.17. The van der Waals surface area contributed by atoms with Crippen molar-refractivity contribution in [2.24, 2.45) is 11.3 Å². The summed E-state index contributed by atoms with van der Waals surface area (Å²) in [5.74, 6) is -1.68. The van der Waals surface area contributed by atoms with Crippen molar-refractivity contribution in [3.05, 3.63) is 35.6 Å². The van der Waals surface area contributed by atoms with E-state index in [1.807, 2.05) is 0 Å². The van der Waals surface area contributed by atoms with Gasteiger partial charge in [-0.3, -0.25) is 9.59 Å². The van der Waals surface area contributed by atoms with Crippen LogP contribution in [0, 0.1) is 17.2 Å². The highest BCUT2D eigenvalue weighted by atomic mass is 19.1. The number of benzene rings is 1. The largest absolute Gasteiger partial charge is 0.481 e. The van der Waals surface area contributed by atoms with Crippen LogP contribution in [0.15, 0.2) is 24.3 Å². The smallest absolute Gasteiger partial charge is 0.311 e. The summed E-state index contributed by atoms with van der Waals surface area (Å²) >= 11 is 0. The Balaban J connectivity index is 1.85. The molecule has 2 N–H and O–H groups in total. The number of hydrogen-bond donors (Lipinski definition) is 2. The molecule has 5 heteroatoms. The fourth-order valence-corrected chi connectivity index (χ4v) is 2.16. The second-order valence-corrected chi connectivity index (χ2v) is 5.54. The molecule has 0 radical (unpaired) electrons. The van der Waals surface area contributed by atoms with E-state index < -0.39 is 11.4 Å². The van der Waals surface area contributed by atoms with Crippen LogP contribution in [-0.2, 0) is 16.0 Å². The van der Waals surface area contributed by atoms with E-state index in [4.69, 9.17) is 5.11 Å². The normalized spacial score (nSPS) is 17.3. The lowest BCUT2D eigenvalue weighted by molar-refractivity contribution is -0.143. The molecule has 1 amide bonds. The van der Waals surface area contributed by atoms with Crippen LogP contribution in [0.5, 0.6) is 0 Å². The summed E-state index contributed by atoms with van der Waals surface area (Å²) in [7, 11) is 0. The Bertz CT molecular complexity index is 526. The molecule has 1 atom stereocenters. The van der Waals surface area contributed by atoms with Crippen LogP contribution in [0.3, 0.4) is 0 Å². The number of hydrogen-bond acceptors (Lipinski definition) is 2. The molecule has 1 fully saturated rings. The second kappa shape index (κ2) is 5.61. The maximum atomic E-state index is 13.1. The monoisotopic (exact) mass is 279 g/mol. The number of carboxylic acids is 1. The molecule has 1 aromatic rings. The molecule has 1 aliphatic rings. The number of aliphatic carboxylic acids is 1. The molecule has 108 valence electrons. The summed E-state index contributed by atoms with van der Waals surface area (Å²) in [6.45, 7) is 1.93. The van der Waals surface area contributed by atoms with E-state index in [1.165, 1.54) is 12.1 Å². The topological polar surface area (TPSA) is 66.4 Å². The van der Waals surface area contributed by atoms with Gasteiger partial charge in [-0.05, 0) is 37.0 Å². The van der Waals surface area contributed by atoms with Gasteiger partial charge in [0.2, 0.25) is 5.91 Å². The van der Waals surface area contributed by atoms with Gasteiger partial charge in [0.1, 0.15) is 5.82 Å². The van der Waals surface area contributed by atoms with E-state index in [-0.39, 0.29) is 24.2 Å². The Morgan fingerprint density at radius 2 is 2.15 bits per heavy atom. The van der Waals surface area contributed by atoms with Crippen molar-refractivity contribution in [1.29, 1.82) is 0 Å². The molecule has 0 aromatic heterocycles. The summed E-state index contributed by atoms with van der Waals surface area (Å²) in [5, 5.41) is 11.7. The Kier molecular flexibility index (Phi) is 4.06. The predicted octanol–water partition coefficient (Wildman–Crippen LogP) is 1.99. The highest BCUT2D eigenvalue weighted by Gasteiger charge is 2.50. The quantitative estimate of drug-likeness (QED) is 0.837. The van der Waals surface area contributed by atoms with Gasteiger partial charge in [-0.1, -0.05) is 19.1 Å². The van der Waals surface area contributed by atoms with Crippen molar-refractivity contribution in [2.45, 2.75) is 26.2 Å². The number of carbonyl (C=O) groups excluding carboxylic acids is 1. The lowest BCUT2D eigenvalue weighted by Crippen LogP contribution is -2.37. The van der Waals surface area contributed by atoms with Gasteiger partial charge in [0.05, 0.1) is 5.41 Å². The molecule has 0 spiro atoms. The zero-order valence-corrected chi connectivity index (χ0v) is 11.4. The van der Waals surface area contributed by atoms with Crippen LogP contribution in [0.2, 0.25) is 0 Å². The molecule has 1 unspecified atom stereocenters. The molecule has 2 rings (SSSR count). The minimum atomic E-state index is -0.851. The molecule has 1 aliphatic carbocycles. The second-order valence-electron chi connectivity index (χ2n) is 5.54. The van der Waals surface area contributed by atoms with E-state index in [1.54, 1.807) is 19.1 Å². The van der Waals surface area contributed by atoms with Crippen molar-refractivity contribution in [3.63, 3.8) is 0 Å². The minimum absolute atomic E-state index is 0.175. The molecule has 4 nitrogen and oxygen atoms in total. The van der Waals surface area contributed by atoms with Gasteiger partial charge in [0.25, 0.3) is 0 Å². The van der Waals surface area contributed by atoms with Crippen molar-refractivity contribution in [2.75, 3.05) is 6.54 Å². The fraction of sp³-hybridized carbons (Fsp3) is 0.467. The third-order valence-electron chi connectivity index (χ3n) is 3.79. The number of nitrogens with one attached hydrogen (secondary N) is 1. The van der Waals surface area contributed by atoms with Gasteiger partial charge in [-0.2, -0.15) is 0 Å². The molecule has 1 aromatic carbocycles. The molecule has 1 saturated carbocycles. The summed E-state index contributed by atoms with van der Waals surface area (Å²) in [4.78, 5) is 22.9. The summed E-state index contributed by atoms with van der Waals surface area (Å²) in [5.41, 5.74) is 0.000781. The molecule has 20 heavy (non-hydrogen) atoms. The van der Waals surface area contributed by atoms with Crippen LogP contribution in [0.25, 0.3) is 0 Å². The molecular weight excluding hydrogens is 261 g/mol. The van der Waals surface area contributed by atoms with Gasteiger partial charge in [-0.15, -0.1) is 0 Å².